The third kappa shape index (κ3) is 4.14. The van der Waals surface area contributed by atoms with E-state index in [9.17, 15) is 5.11 Å². The van der Waals surface area contributed by atoms with Crippen LogP contribution in [-0.2, 0) is 0 Å². The largest absolute Gasteiger partial charge is 0.507 e. The Hall–Kier alpha value is -3.00. The highest BCUT2D eigenvalue weighted by Gasteiger charge is 2.39. The van der Waals surface area contributed by atoms with Crippen LogP contribution in [0.3, 0.4) is 0 Å². The molecule has 8 nitrogen and oxygen atoms in total. The third-order valence-electron chi connectivity index (χ3n) is 5.69. The first-order chi connectivity index (χ1) is 14.1. The molecular weight excluding hydrogens is 378 g/mol. The molecule has 8 heteroatoms. The fraction of sp³-hybridized carbons (Fsp3) is 0.455. The summed E-state index contributed by atoms with van der Waals surface area (Å²) < 4.78 is 0. The molecule has 0 amide bonds. The summed E-state index contributed by atoms with van der Waals surface area (Å²) >= 11 is 0. The molecule has 1 aliphatic heterocycles. The zero-order chi connectivity index (χ0) is 21.5. The Morgan fingerprint density at radius 2 is 1.77 bits per heavy atom. The van der Waals surface area contributed by atoms with E-state index in [0.717, 1.165) is 24.0 Å². The van der Waals surface area contributed by atoms with Crippen molar-refractivity contribution >= 4 is 5.95 Å². The predicted octanol–water partition coefficient (Wildman–Crippen LogP) is 3.38. The van der Waals surface area contributed by atoms with E-state index in [2.05, 4.69) is 63.3 Å². The van der Waals surface area contributed by atoms with Gasteiger partial charge >= 0.3 is 0 Å². The van der Waals surface area contributed by atoms with Gasteiger partial charge in [-0.25, -0.2) is 4.98 Å². The number of nitrogens with one attached hydrogen (secondary N) is 2. The van der Waals surface area contributed by atoms with Crippen molar-refractivity contribution in [1.29, 1.82) is 0 Å². The average Bonchev–Trinajstić information content (AvgIpc) is 3.20. The van der Waals surface area contributed by atoms with Crippen LogP contribution in [0, 0.1) is 0 Å². The highest BCUT2D eigenvalue weighted by molar-refractivity contribution is 5.73. The van der Waals surface area contributed by atoms with Gasteiger partial charge in [-0.05, 0) is 58.2 Å². The van der Waals surface area contributed by atoms with Gasteiger partial charge < -0.3 is 15.3 Å². The fourth-order valence-electron chi connectivity index (χ4n) is 4.60. The van der Waals surface area contributed by atoms with Gasteiger partial charge in [0, 0.05) is 41.5 Å². The number of phenols is 1. The van der Waals surface area contributed by atoms with Crippen LogP contribution in [-0.4, -0.2) is 54.7 Å². The van der Waals surface area contributed by atoms with Crippen molar-refractivity contribution in [3.63, 3.8) is 0 Å². The van der Waals surface area contributed by atoms with Crippen molar-refractivity contribution in [2.75, 3.05) is 11.9 Å². The molecule has 0 spiro atoms. The Bertz CT molecular complexity index is 996. The predicted molar refractivity (Wildman–Crippen MR) is 117 cm³/mol. The Morgan fingerprint density at radius 3 is 2.33 bits per heavy atom. The Balaban J connectivity index is 1.54. The van der Waals surface area contributed by atoms with Crippen LogP contribution in [0.5, 0.6) is 5.75 Å². The second-order valence-electron chi connectivity index (χ2n) is 9.43. The van der Waals surface area contributed by atoms with Gasteiger partial charge in [-0.15, -0.1) is 10.2 Å². The average molecular weight is 408 g/mol. The lowest BCUT2D eigenvalue weighted by molar-refractivity contribution is 0.160. The lowest BCUT2D eigenvalue weighted by Gasteiger charge is -2.48. The second-order valence-corrected chi connectivity index (χ2v) is 9.43. The van der Waals surface area contributed by atoms with Crippen LogP contribution in [0.15, 0.2) is 36.8 Å². The molecule has 1 fully saturated rings. The smallest absolute Gasteiger partial charge is 0.245 e. The monoisotopic (exact) mass is 407 g/mol. The maximum atomic E-state index is 10.5. The van der Waals surface area contributed by atoms with Crippen LogP contribution in [0.4, 0.5) is 5.95 Å². The van der Waals surface area contributed by atoms with E-state index in [1.807, 2.05) is 19.2 Å². The number of aromatic nitrogens is 5. The minimum absolute atomic E-state index is 0.0383. The topological polar surface area (TPSA) is 103 Å². The third-order valence-corrected chi connectivity index (χ3v) is 5.69. The van der Waals surface area contributed by atoms with Crippen LogP contribution in [0.1, 0.15) is 40.5 Å². The molecule has 0 bridgehead atoms. The van der Waals surface area contributed by atoms with Gasteiger partial charge in [-0.3, -0.25) is 5.10 Å². The van der Waals surface area contributed by atoms with E-state index < -0.39 is 0 Å². The summed E-state index contributed by atoms with van der Waals surface area (Å²) in [6.45, 7) is 8.92. The number of rotatable bonds is 4. The number of phenolic OH excluding ortho intramolecular Hbond substituents is 1. The number of aromatic amines is 1. The Labute approximate surface area is 176 Å². The van der Waals surface area contributed by atoms with Gasteiger partial charge in [0.25, 0.3) is 0 Å². The van der Waals surface area contributed by atoms with E-state index in [1.165, 1.54) is 0 Å². The molecule has 1 saturated heterocycles. The first-order valence-corrected chi connectivity index (χ1v) is 10.2. The summed E-state index contributed by atoms with van der Waals surface area (Å²) in [5, 5.41) is 29.6. The van der Waals surface area contributed by atoms with Crippen LogP contribution < -0.4 is 10.2 Å². The highest BCUT2D eigenvalue weighted by atomic mass is 16.3. The highest BCUT2D eigenvalue weighted by Crippen LogP contribution is 2.34. The van der Waals surface area contributed by atoms with Crippen molar-refractivity contribution in [3.05, 3.63) is 36.8 Å². The van der Waals surface area contributed by atoms with E-state index in [4.69, 9.17) is 0 Å². The molecule has 158 valence electrons. The fourth-order valence-corrected chi connectivity index (χ4v) is 4.60. The summed E-state index contributed by atoms with van der Waals surface area (Å²) in [6.07, 6.45) is 7.15. The molecular formula is C22H29N7O. The van der Waals surface area contributed by atoms with Gasteiger partial charge in [0.1, 0.15) is 11.4 Å². The molecule has 0 unspecified atom stereocenters. The number of benzene rings is 1. The van der Waals surface area contributed by atoms with Gasteiger partial charge in [-0.1, -0.05) is 6.07 Å². The molecule has 0 atom stereocenters. The normalized spacial score (nSPS) is 18.3. The van der Waals surface area contributed by atoms with Gasteiger partial charge in [0.2, 0.25) is 5.95 Å². The minimum atomic E-state index is 0.0383. The SMILES string of the molecule is CN(c1ncc(-c2ccc(-c3cn[nH]c3)cc2O)nn1)C1CC(C)(C)NC(C)(C)C1. The number of hydrogen-bond acceptors (Lipinski definition) is 7. The first kappa shape index (κ1) is 20.3. The van der Waals surface area contributed by atoms with Gasteiger partial charge in [0.05, 0.1) is 12.4 Å². The lowest BCUT2D eigenvalue weighted by atomic mass is 9.79. The molecule has 4 rings (SSSR count). The van der Waals surface area contributed by atoms with Gasteiger partial charge in [-0.2, -0.15) is 5.10 Å². The number of aromatic hydroxyl groups is 1. The van der Waals surface area contributed by atoms with Gasteiger partial charge in [0.15, 0.2) is 0 Å². The number of nitrogens with zero attached hydrogens (tertiary/aromatic N) is 5. The molecule has 3 heterocycles. The summed E-state index contributed by atoms with van der Waals surface area (Å²) in [7, 11) is 2.02. The zero-order valence-electron chi connectivity index (χ0n) is 18.1. The molecule has 0 radical (unpaired) electrons. The first-order valence-electron chi connectivity index (χ1n) is 10.2. The summed E-state index contributed by atoms with van der Waals surface area (Å²) in [5.74, 6) is 0.722. The van der Waals surface area contributed by atoms with Crippen LogP contribution >= 0.6 is 0 Å². The van der Waals surface area contributed by atoms with Crippen molar-refractivity contribution in [1.82, 2.24) is 30.7 Å². The van der Waals surface area contributed by atoms with E-state index in [0.29, 0.717) is 23.2 Å². The number of H-pyrrole nitrogens is 1. The maximum Gasteiger partial charge on any atom is 0.245 e. The molecule has 1 aliphatic rings. The number of anilines is 1. The van der Waals surface area contributed by atoms with Crippen molar-refractivity contribution < 1.29 is 5.11 Å². The number of hydrogen-bond donors (Lipinski definition) is 3. The molecule has 1 aromatic carbocycles. The Kier molecular flexibility index (Phi) is 4.97. The molecule has 3 aromatic rings. The zero-order valence-corrected chi connectivity index (χ0v) is 18.1. The van der Waals surface area contributed by atoms with Crippen molar-refractivity contribution in [2.24, 2.45) is 0 Å². The molecule has 30 heavy (non-hydrogen) atoms. The molecule has 3 N–H and O–H groups in total. The molecule has 0 saturated carbocycles. The Morgan fingerprint density at radius 1 is 1.03 bits per heavy atom. The lowest BCUT2D eigenvalue weighted by Crippen LogP contribution is -2.62. The quantitative estimate of drug-likeness (QED) is 0.609. The summed E-state index contributed by atoms with van der Waals surface area (Å²) in [5.41, 5.74) is 2.99. The van der Waals surface area contributed by atoms with Crippen molar-refractivity contribution in [2.45, 2.75) is 57.7 Å². The van der Waals surface area contributed by atoms with E-state index in [1.54, 1.807) is 24.7 Å². The second kappa shape index (κ2) is 7.36. The van der Waals surface area contributed by atoms with Crippen LogP contribution in [0.2, 0.25) is 0 Å². The molecule has 2 aromatic heterocycles. The number of piperidine rings is 1. The molecule has 0 aliphatic carbocycles. The van der Waals surface area contributed by atoms with E-state index in [-0.39, 0.29) is 16.8 Å². The van der Waals surface area contributed by atoms with Crippen molar-refractivity contribution in [3.8, 4) is 28.1 Å². The minimum Gasteiger partial charge on any atom is -0.507 e. The maximum absolute atomic E-state index is 10.5. The van der Waals surface area contributed by atoms with Crippen LogP contribution in [0.25, 0.3) is 22.4 Å². The summed E-state index contributed by atoms with van der Waals surface area (Å²) in [6, 6.07) is 5.75. The standard InChI is InChI=1S/C22H29N7O/c1-21(2)9-16(10-22(3,4)28-21)29(5)20-23-13-18(26-27-20)17-7-6-14(8-19(17)30)15-11-24-25-12-15/h6-8,11-13,16,28,30H,9-10H2,1-5H3,(H,24,25). The van der Waals surface area contributed by atoms with E-state index >= 15 is 0 Å². The summed E-state index contributed by atoms with van der Waals surface area (Å²) in [4.78, 5) is 6.66.